The second-order valence-electron chi connectivity index (χ2n) is 5.58. The van der Waals surface area contributed by atoms with Crippen LogP contribution in [0.1, 0.15) is 27.6 Å². The van der Waals surface area contributed by atoms with Gasteiger partial charge in [-0.2, -0.15) is 0 Å². The number of carbonyl (C=O) groups is 2. The summed E-state index contributed by atoms with van der Waals surface area (Å²) >= 11 is 0. The molecule has 0 fully saturated rings. The zero-order valence-electron chi connectivity index (χ0n) is 13.3. The van der Waals surface area contributed by atoms with Crippen LogP contribution in [0.2, 0.25) is 0 Å². The summed E-state index contributed by atoms with van der Waals surface area (Å²) in [4.78, 5) is 24.2. The SMILES string of the molecule is CC(=O)n1cc(C(=O)NCCc2ccc(F)cc2)c2ccccc21. The minimum Gasteiger partial charge on any atom is -0.352 e. The zero-order chi connectivity index (χ0) is 17.1. The molecule has 2 aromatic carbocycles. The van der Waals surface area contributed by atoms with E-state index in [1.165, 1.54) is 23.6 Å². The third-order valence-electron chi connectivity index (χ3n) is 3.91. The van der Waals surface area contributed by atoms with Crippen molar-refractivity contribution in [2.24, 2.45) is 0 Å². The Kier molecular flexibility index (Phi) is 4.42. The molecule has 0 radical (unpaired) electrons. The predicted octanol–water partition coefficient (Wildman–Crippen LogP) is 3.41. The summed E-state index contributed by atoms with van der Waals surface area (Å²) in [5.41, 5.74) is 2.14. The van der Waals surface area contributed by atoms with Gasteiger partial charge in [-0.1, -0.05) is 30.3 Å². The summed E-state index contributed by atoms with van der Waals surface area (Å²) in [5, 5.41) is 3.59. The number of nitrogens with one attached hydrogen (secondary N) is 1. The highest BCUT2D eigenvalue weighted by Gasteiger charge is 2.16. The van der Waals surface area contributed by atoms with Crippen molar-refractivity contribution in [2.45, 2.75) is 13.3 Å². The van der Waals surface area contributed by atoms with E-state index in [-0.39, 0.29) is 17.6 Å². The molecule has 122 valence electrons. The summed E-state index contributed by atoms with van der Waals surface area (Å²) in [5.74, 6) is -0.648. The average Bonchev–Trinajstić information content (AvgIpc) is 2.96. The molecule has 0 atom stereocenters. The molecule has 24 heavy (non-hydrogen) atoms. The van der Waals surface area contributed by atoms with Crippen molar-refractivity contribution in [3.63, 3.8) is 0 Å². The summed E-state index contributed by atoms with van der Waals surface area (Å²) < 4.78 is 14.4. The first-order valence-corrected chi connectivity index (χ1v) is 7.70. The molecule has 1 heterocycles. The Hall–Kier alpha value is -2.95. The van der Waals surface area contributed by atoms with Gasteiger partial charge in [-0.3, -0.25) is 14.2 Å². The standard InChI is InChI=1S/C19H17FN2O2/c1-13(23)22-12-17(16-4-2-3-5-18(16)22)19(24)21-11-10-14-6-8-15(20)9-7-14/h2-9,12H,10-11H2,1H3,(H,21,24). The highest BCUT2D eigenvalue weighted by atomic mass is 19.1. The van der Waals surface area contributed by atoms with E-state index in [4.69, 9.17) is 0 Å². The van der Waals surface area contributed by atoms with Crippen LogP contribution in [0.3, 0.4) is 0 Å². The van der Waals surface area contributed by atoms with Gasteiger partial charge in [0.1, 0.15) is 5.82 Å². The van der Waals surface area contributed by atoms with Crippen LogP contribution >= 0.6 is 0 Å². The van der Waals surface area contributed by atoms with Gasteiger partial charge in [0.2, 0.25) is 5.91 Å². The molecule has 0 spiro atoms. The fourth-order valence-corrected chi connectivity index (χ4v) is 2.69. The molecule has 4 nitrogen and oxygen atoms in total. The van der Waals surface area contributed by atoms with Crippen molar-refractivity contribution in [2.75, 3.05) is 6.54 Å². The van der Waals surface area contributed by atoms with E-state index in [1.54, 1.807) is 18.3 Å². The van der Waals surface area contributed by atoms with Gasteiger partial charge in [-0.25, -0.2) is 4.39 Å². The summed E-state index contributed by atoms with van der Waals surface area (Å²) in [6.45, 7) is 1.90. The summed E-state index contributed by atoms with van der Waals surface area (Å²) in [6, 6.07) is 13.5. The van der Waals surface area contributed by atoms with Crippen molar-refractivity contribution in [1.82, 2.24) is 9.88 Å². The highest BCUT2D eigenvalue weighted by molar-refractivity contribution is 6.09. The van der Waals surface area contributed by atoms with Crippen molar-refractivity contribution in [3.05, 3.63) is 71.7 Å². The minimum atomic E-state index is -0.278. The molecule has 0 saturated heterocycles. The van der Waals surface area contributed by atoms with Gasteiger partial charge >= 0.3 is 0 Å². The number of aromatic nitrogens is 1. The molecule has 0 aliphatic carbocycles. The summed E-state index contributed by atoms with van der Waals surface area (Å²) in [6.07, 6.45) is 2.18. The Bertz CT molecular complexity index is 897. The molecule has 1 N–H and O–H groups in total. The smallest absolute Gasteiger partial charge is 0.253 e. The number of nitrogens with zero attached hydrogens (tertiary/aromatic N) is 1. The van der Waals surface area contributed by atoms with E-state index >= 15 is 0 Å². The monoisotopic (exact) mass is 324 g/mol. The van der Waals surface area contributed by atoms with Crippen LogP contribution in [0.25, 0.3) is 10.9 Å². The van der Waals surface area contributed by atoms with Crippen LogP contribution in [0.5, 0.6) is 0 Å². The van der Waals surface area contributed by atoms with Crippen molar-refractivity contribution < 1.29 is 14.0 Å². The number of para-hydroxylation sites is 1. The van der Waals surface area contributed by atoms with Crippen molar-refractivity contribution in [1.29, 1.82) is 0 Å². The molecular weight excluding hydrogens is 307 g/mol. The molecule has 0 unspecified atom stereocenters. The van der Waals surface area contributed by atoms with E-state index < -0.39 is 0 Å². The second-order valence-corrected chi connectivity index (χ2v) is 5.58. The normalized spacial score (nSPS) is 10.8. The van der Waals surface area contributed by atoms with E-state index in [9.17, 15) is 14.0 Å². The average molecular weight is 324 g/mol. The van der Waals surface area contributed by atoms with Crippen LogP contribution in [0.4, 0.5) is 4.39 Å². The molecule has 0 bridgehead atoms. The predicted molar refractivity (Wildman–Crippen MR) is 90.7 cm³/mol. The Morgan fingerprint density at radius 3 is 2.50 bits per heavy atom. The lowest BCUT2D eigenvalue weighted by Gasteiger charge is -2.04. The maximum atomic E-state index is 12.9. The molecule has 1 aromatic heterocycles. The number of halogens is 1. The van der Waals surface area contributed by atoms with Gasteiger partial charge in [-0.15, -0.1) is 0 Å². The Labute approximate surface area is 138 Å². The number of amides is 1. The fourth-order valence-electron chi connectivity index (χ4n) is 2.69. The van der Waals surface area contributed by atoms with Crippen LogP contribution in [-0.4, -0.2) is 22.9 Å². The number of fused-ring (bicyclic) bond motifs is 1. The first-order valence-electron chi connectivity index (χ1n) is 7.70. The number of hydrogen-bond acceptors (Lipinski definition) is 2. The Morgan fingerprint density at radius 1 is 1.08 bits per heavy atom. The quantitative estimate of drug-likeness (QED) is 0.799. The summed E-state index contributed by atoms with van der Waals surface area (Å²) in [7, 11) is 0. The molecule has 5 heteroatoms. The highest BCUT2D eigenvalue weighted by Crippen LogP contribution is 2.21. The first-order chi connectivity index (χ1) is 11.6. The van der Waals surface area contributed by atoms with Gasteiger partial charge < -0.3 is 5.32 Å². The molecule has 0 aliphatic heterocycles. The van der Waals surface area contributed by atoms with E-state index in [1.807, 2.05) is 24.3 Å². The third-order valence-corrected chi connectivity index (χ3v) is 3.91. The van der Waals surface area contributed by atoms with Crippen LogP contribution < -0.4 is 5.32 Å². The Morgan fingerprint density at radius 2 is 1.79 bits per heavy atom. The van der Waals surface area contributed by atoms with E-state index in [0.717, 1.165) is 10.9 Å². The first kappa shape index (κ1) is 15.9. The number of benzene rings is 2. The molecule has 1 amide bonds. The van der Waals surface area contributed by atoms with Crippen LogP contribution in [-0.2, 0) is 6.42 Å². The largest absolute Gasteiger partial charge is 0.352 e. The van der Waals surface area contributed by atoms with Gasteiger partial charge in [0, 0.05) is 25.1 Å². The molecule has 3 aromatic rings. The van der Waals surface area contributed by atoms with Gasteiger partial charge in [0.25, 0.3) is 5.91 Å². The minimum absolute atomic E-state index is 0.142. The van der Waals surface area contributed by atoms with Gasteiger partial charge in [0.05, 0.1) is 11.1 Å². The number of rotatable bonds is 4. The van der Waals surface area contributed by atoms with Crippen molar-refractivity contribution in [3.8, 4) is 0 Å². The fraction of sp³-hybridized carbons (Fsp3) is 0.158. The second kappa shape index (κ2) is 6.66. The molecule has 3 rings (SSSR count). The van der Waals surface area contributed by atoms with E-state index in [2.05, 4.69) is 5.32 Å². The lowest BCUT2D eigenvalue weighted by Crippen LogP contribution is -2.25. The number of carbonyl (C=O) groups excluding carboxylic acids is 2. The van der Waals surface area contributed by atoms with Crippen LogP contribution in [0, 0.1) is 5.82 Å². The lowest BCUT2D eigenvalue weighted by atomic mass is 10.1. The van der Waals surface area contributed by atoms with Crippen molar-refractivity contribution >= 4 is 22.7 Å². The maximum Gasteiger partial charge on any atom is 0.253 e. The van der Waals surface area contributed by atoms with Crippen LogP contribution in [0.15, 0.2) is 54.7 Å². The van der Waals surface area contributed by atoms with Gasteiger partial charge in [0.15, 0.2) is 0 Å². The third kappa shape index (κ3) is 3.20. The molecular formula is C19H17FN2O2. The zero-order valence-corrected chi connectivity index (χ0v) is 13.3. The molecule has 0 saturated carbocycles. The lowest BCUT2D eigenvalue weighted by molar-refractivity contribution is 0.0941. The Balaban J connectivity index is 1.74. The molecule has 0 aliphatic rings. The van der Waals surface area contributed by atoms with E-state index in [0.29, 0.717) is 24.0 Å². The topological polar surface area (TPSA) is 51.1 Å². The maximum absolute atomic E-state index is 12.9. The number of hydrogen-bond donors (Lipinski definition) is 1. The van der Waals surface area contributed by atoms with Gasteiger partial charge in [-0.05, 0) is 30.2 Å².